The molecular weight excluding hydrogens is 367 g/mol. The minimum absolute atomic E-state index is 0.0718. The lowest BCUT2D eigenvalue weighted by molar-refractivity contribution is 0.0691. The molecule has 2 rings (SSSR count). The molecule has 0 aliphatic rings. The number of ether oxygens (including phenoxy) is 1. The molecular formula is C14H9BrCl2O3. The summed E-state index contributed by atoms with van der Waals surface area (Å²) in [6, 6.07) is 9.93. The molecule has 1 N–H and O–H groups in total. The highest BCUT2D eigenvalue weighted by Crippen LogP contribution is 2.32. The number of carbonyl (C=O) groups is 1. The largest absolute Gasteiger partial charge is 0.487 e. The van der Waals surface area contributed by atoms with Crippen molar-refractivity contribution in [2.75, 3.05) is 0 Å². The lowest BCUT2D eigenvalue weighted by Crippen LogP contribution is -2.04. The molecule has 0 saturated heterocycles. The topological polar surface area (TPSA) is 46.5 Å². The Balaban J connectivity index is 2.30. The van der Waals surface area contributed by atoms with E-state index in [-0.39, 0.29) is 17.9 Å². The third kappa shape index (κ3) is 3.26. The third-order valence-corrected chi connectivity index (χ3v) is 3.95. The Labute approximate surface area is 134 Å². The molecule has 0 aromatic heterocycles. The first-order valence-electron chi connectivity index (χ1n) is 5.58. The highest BCUT2D eigenvalue weighted by Gasteiger charge is 2.15. The van der Waals surface area contributed by atoms with E-state index in [9.17, 15) is 4.79 Å². The van der Waals surface area contributed by atoms with Gasteiger partial charge in [0.25, 0.3) is 0 Å². The van der Waals surface area contributed by atoms with Crippen LogP contribution in [-0.2, 0) is 6.61 Å². The molecule has 0 fully saturated rings. The average molecular weight is 376 g/mol. The second kappa shape index (κ2) is 6.48. The molecule has 104 valence electrons. The number of carboxylic acids is 1. The molecule has 0 unspecified atom stereocenters. The molecule has 0 aliphatic carbocycles. The summed E-state index contributed by atoms with van der Waals surface area (Å²) in [6.07, 6.45) is 0. The fourth-order valence-electron chi connectivity index (χ4n) is 1.64. The van der Waals surface area contributed by atoms with Crippen LogP contribution in [0.5, 0.6) is 5.75 Å². The van der Waals surface area contributed by atoms with Crippen LogP contribution in [-0.4, -0.2) is 11.1 Å². The van der Waals surface area contributed by atoms with Crippen molar-refractivity contribution in [1.82, 2.24) is 0 Å². The van der Waals surface area contributed by atoms with Gasteiger partial charge in [-0.2, -0.15) is 0 Å². The molecule has 20 heavy (non-hydrogen) atoms. The van der Waals surface area contributed by atoms with Gasteiger partial charge in [-0.05, 0) is 40.2 Å². The molecule has 6 heteroatoms. The third-order valence-electron chi connectivity index (χ3n) is 2.62. The van der Waals surface area contributed by atoms with E-state index in [1.165, 1.54) is 6.07 Å². The standard InChI is InChI=1S/C14H9BrCl2O3/c15-10-4-1-3-8(14(18)19)13(10)20-7-9-11(16)5-2-6-12(9)17/h1-6H,7H2,(H,18,19). The van der Waals surface area contributed by atoms with Crippen molar-refractivity contribution in [1.29, 1.82) is 0 Å². The minimum Gasteiger partial charge on any atom is -0.487 e. The van der Waals surface area contributed by atoms with Crippen molar-refractivity contribution in [3.05, 3.63) is 62.0 Å². The molecule has 0 saturated carbocycles. The summed E-state index contributed by atoms with van der Waals surface area (Å²) in [7, 11) is 0. The van der Waals surface area contributed by atoms with Crippen molar-refractivity contribution in [3.63, 3.8) is 0 Å². The smallest absolute Gasteiger partial charge is 0.339 e. The number of aromatic carboxylic acids is 1. The van der Waals surface area contributed by atoms with Crippen LogP contribution in [0, 0.1) is 0 Å². The highest BCUT2D eigenvalue weighted by molar-refractivity contribution is 9.10. The fourth-order valence-corrected chi connectivity index (χ4v) is 2.63. The molecule has 0 aliphatic heterocycles. The Morgan fingerprint density at radius 1 is 1.15 bits per heavy atom. The molecule has 3 nitrogen and oxygen atoms in total. The number of para-hydroxylation sites is 1. The summed E-state index contributed by atoms with van der Waals surface area (Å²) in [5.74, 6) is -0.817. The van der Waals surface area contributed by atoms with Crippen LogP contribution in [0.2, 0.25) is 10.0 Å². The summed E-state index contributed by atoms with van der Waals surface area (Å²) in [5, 5.41) is 10.1. The van der Waals surface area contributed by atoms with Crippen LogP contribution >= 0.6 is 39.1 Å². The molecule has 0 spiro atoms. The van der Waals surface area contributed by atoms with Crippen LogP contribution < -0.4 is 4.74 Å². The second-order valence-corrected chi connectivity index (χ2v) is 5.58. The van der Waals surface area contributed by atoms with Crippen LogP contribution in [0.1, 0.15) is 15.9 Å². The van der Waals surface area contributed by atoms with Gasteiger partial charge in [0.15, 0.2) is 0 Å². The van der Waals surface area contributed by atoms with Gasteiger partial charge in [-0.3, -0.25) is 0 Å². The average Bonchev–Trinajstić information content (AvgIpc) is 2.39. The van der Waals surface area contributed by atoms with E-state index in [1.54, 1.807) is 30.3 Å². The predicted octanol–water partition coefficient (Wildman–Crippen LogP) is 5.03. The fraction of sp³-hybridized carbons (Fsp3) is 0.0714. The predicted molar refractivity (Wildman–Crippen MR) is 81.9 cm³/mol. The minimum atomic E-state index is -1.06. The van der Waals surface area contributed by atoms with Crippen molar-refractivity contribution in [2.45, 2.75) is 6.61 Å². The number of benzene rings is 2. The summed E-state index contributed by atoms with van der Waals surface area (Å²) >= 11 is 15.4. The Morgan fingerprint density at radius 2 is 1.75 bits per heavy atom. The van der Waals surface area contributed by atoms with Crippen molar-refractivity contribution in [2.24, 2.45) is 0 Å². The zero-order chi connectivity index (χ0) is 14.7. The van der Waals surface area contributed by atoms with Crippen molar-refractivity contribution >= 4 is 45.1 Å². The van der Waals surface area contributed by atoms with Gasteiger partial charge in [0.1, 0.15) is 17.9 Å². The number of carboxylic acid groups (broad SMARTS) is 1. The number of halogens is 3. The van der Waals surface area contributed by atoms with Crippen LogP contribution in [0.3, 0.4) is 0 Å². The summed E-state index contributed by atoms with van der Waals surface area (Å²) in [4.78, 5) is 11.2. The van der Waals surface area contributed by atoms with Gasteiger partial charge in [0.05, 0.1) is 4.47 Å². The molecule has 2 aromatic rings. The maximum atomic E-state index is 11.2. The zero-order valence-corrected chi connectivity index (χ0v) is 13.2. The Kier molecular flexibility index (Phi) is 4.91. The van der Waals surface area contributed by atoms with E-state index in [4.69, 9.17) is 33.0 Å². The number of rotatable bonds is 4. The lowest BCUT2D eigenvalue weighted by Gasteiger charge is -2.12. The SMILES string of the molecule is O=C(O)c1cccc(Br)c1OCc1c(Cl)cccc1Cl. The normalized spacial score (nSPS) is 10.3. The summed E-state index contributed by atoms with van der Waals surface area (Å²) in [5.41, 5.74) is 0.686. The number of hydrogen-bond acceptors (Lipinski definition) is 2. The molecule has 0 amide bonds. The highest BCUT2D eigenvalue weighted by atomic mass is 79.9. The van der Waals surface area contributed by atoms with E-state index in [0.29, 0.717) is 20.1 Å². The Hall–Kier alpha value is -1.23. The quantitative estimate of drug-likeness (QED) is 0.814. The van der Waals surface area contributed by atoms with Gasteiger partial charge in [0.2, 0.25) is 0 Å². The van der Waals surface area contributed by atoms with E-state index in [0.717, 1.165) is 0 Å². The van der Waals surface area contributed by atoms with Gasteiger partial charge in [-0.25, -0.2) is 4.79 Å². The summed E-state index contributed by atoms with van der Waals surface area (Å²) < 4.78 is 6.14. The van der Waals surface area contributed by atoms with E-state index < -0.39 is 5.97 Å². The molecule has 0 heterocycles. The van der Waals surface area contributed by atoms with Gasteiger partial charge in [0, 0.05) is 15.6 Å². The molecule has 0 bridgehead atoms. The summed E-state index contributed by atoms with van der Waals surface area (Å²) in [6.45, 7) is 0.0847. The van der Waals surface area contributed by atoms with Crippen molar-refractivity contribution in [3.8, 4) is 5.75 Å². The maximum Gasteiger partial charge on any atom is 0.339 e. The van der Waals surface area contributed by atoms with Crippen LogP contribution in [0.25, 0.3) is 0 Å². The first kappa shape index (κ1) is 15.2. The van der Waals surface area contributed by atoms with Crippen LogP contribution in [0.15, 0.2) is 40.9 Å². The Bertz CT molecular complexity index is 639. The second-order valence-electron chi connectivity index (χ2n) is 3.91. The first-order chi connectivity index (χ1) is 9.50. The van der Waals surface area contributed by atoms with Gasteiger partial charge < -0.3 is 9.84 Å². The molecule has 2 aromatic carbocycles. The van der Waals surface area contributed by atoms with Crippen LogP contribution in [0.4, 0.5) is 0 Å². The van der Waals surface area contributed by atoms with Gasteiger partial charge in [-0.15, -0.1) is 0 Å². The monoisotopic (exact) mass is 374 g/mol. The van der Waals surface area contributed by atoms with Gasteiger partial charge >= 0.3 is 5.97 Å². The Morgan fingerprint density at radius 3 is 2.35 bits per heavy atom. The molecule has 0 atom stereocenters. The van der Waals surface area contributed by atoms with Crippen molar-refractivity contribution < 1.29 is 14.6 Å². The van der Waals surface area contributed by atoms with E-state index >= 15 is 0 Å². The van der Waals surface area contributed by atoms with E-state index in [1.807, 2.05) is 0 Å². The number of hydrogen-bond donors (Lipinski definition) is 1. The van der Waals surface area contributed by atoms with Gasteiger partial charge in [-0.1, -0.05) is 35.3 Å². The van der Waals surface area contributed by atoms with E-state index in [2.05, 4.69) is 15.9 Å². The molecule has 0 radical (unpaired) electrons. The maximum absolute atomic E-state index is 11.2. The first-order valence-corrected chi connectivity index (χ1v) is 7.13. The zero-order valence-electron chi connectivity index (χ0n) is 10.1. The lowest BCUT2D eigenvalue weighted by atomic mass is 10.2.